The molecule has 1 N–H and O–H groups in total. The first-order chi connectivity index (χ1) is 10.2. The molecule has 116 valence electrons. The Hall–Kier alpha value is -0.580. The van der Waals surface area contributed by atoms with Gasteiger partial charge in [0, 0.05) is 38.3 Å². The van der Waals surface area contributed by atoms with E-state index < -0.39 is 0 Å². The summed E-state index contributed by atoms with van der Waals surface area (Å²) in [6.45, 7) is 8.43. The first-order valence-electron chi connectivity index (χ1n) is 8.07. The maximum absolute atomic E-state index is 6.18. The van der Waals surface area contributed by atoms with Gasteiger partial charge in [0.2, 0.25) is 0 Å². The second-order valence-corrected chi connectivity index (χ2v) is 7.22. The summed E-state index contributed by atoms with van der Waals surface area (Å²) in [5.41, 5.74) is 2.62. The molecule has 0 unspecified atom stereocenters. The van der Waals surface area contributed by atoms with Crippen LogP contribution in [-0.2, 0) is 6.54 Å². The molecular weight excluding hydrogens is 328 g/mol. The highest BCUT2D eigenvalue weighted by Gasteiger charge is 2.20. The molecule has 0 amide bonds. The first-order valence-corrected chi connectivity index (χ1v) is 8.86. The van der Waals surface area contributed by atoms with Crippen LogP contribution >= 0.6 is 15.9 Å². The Morgan fingerprint density at radius 2 is 2.05 bits per heavy atom. The van der Waals surface area contributed by atoms with Crippen molar-refractivity contribution in [3.05, 3.63) is 27.7 Å². The Morgan fingerprint density at radius 1 is 1.29 bits per heavy atom. The highest BCUT2D eigenvalue weighted by Crippen LogP contribution is 2.34. The van der Waals surface area contributed by atoms with E-state index >= 15 is 0 Å². The highest BCUT2D eigenvalue weighted by atomic mass is 79.9. The fraction of sp³-hybridized carbons (Fsp3) is 0.647. The van der Waals surface area contributed by atoms with Gasteiger partial charge in [-0.05, 0) is 53.2 Å². The third kappa shape index (κ3) is 3.99. The average Bonchev–Trinajstić information content (AvgIpc) is 2.41. The highest BCUT2D eigenvalue weighted by molar-refractivity contribution is 9.10. The summed E-state index contributed by atoms with van der Waals surface area (Å²) in [5, 5.41) is 3.41. The number of piperazine rings is 1. The number of nitrogens with one attached hydrogen (secondary N) is 1. The standard InChI is InChI=1S/C17H25BrN2O/c1-13-9-15(11-20-7-5-19-6-8-20)17(16(18)10-13)21-12-14-3-2-4-14/h9-10,14,19H,2-8,11-12H2,1H3. The third-order valence-electron chi connectivity index (χ3n) is 4.56. The molecule has 0 radical (unpaired) electrons. The van der Waals surface area contributed by atoms with Gasteiger partial charge in [-0.3, -0.25) is 4.90 Å². The molecule has 0 atom stereocenters. The van der Waals surface area contributed by atoms with Crippen LogP contribution in [0.2, 0.25) is 0 Å². The summed E-state index contributed by atoms with van der Waals surface area (Å²) < 4.78 is 7.28. The number of ether oxygens (including phenoxy) is 1. The lowest BCUT2D eigenvalue weighted by Crippen LogP contribution is -2.43. The SMILES string of the molecule is Cc1cc(Br)c(OCC2CCC2)c(CN2CCNCC2)c1. The van der Waals surface area contributed by atoms with Crippen molar-refractivity contribution in [1.29, 1.82) is 0 Å². The second kappa shape index (κ2) is 7.12. The van der Waals surface area contributed by atoms with Gasteiger partial charge in [-0.15, -0.1) is 0 Å². The van der Waals surface area contributed by atoms with Crippen LogP contribution in [0.5, 0.6) is 5.75 Å². The van der Waals surface area contributed by atoms with Crippen LogP contribution in [0.15, 0.2) is 16.6 Å². The van der Waals surface area contributed by atoms with Gasteiger partial charge in [-0.25, -0.2) is 0 Å². The topological polar surface area (TPSA) is 24.5 Å². The van der Waals surface area contributed by atoms with Gasteiger partial charge in [0.15, 0.2) is 0 Å². The maximum Gasteiger partial charge on any atom is 0.137 e. The zero-order chi connectivity index (χ0) is 14.7. The van der Waals surface area contributed by atoms with Crippen molar-refractivity contribution in [3.63, 3.8) is 0 Å². The molecule has 4 heteroatoms. The van der Waals surface area contributed by atoms with Crippen LogP contribution < -0.4 is 10.1 Å². The van der Waals surface area contributed by atoms with E-state index in [2.05, 4.69) is 45.2 Å². The quantitative estimate of drug-likeness (QED) is 0.879. The molecule has 3 nitrogen and oxygen atoms in total. The van der Waals surface area contributed by atoms with Crippen molar-refractivity contribution in [2.45, 2.75) is 32.7 Å². The van der Waals surface area contributed by atoms with Gasteiger partial charge in [-0.2, -0.15) is 0 Å². The number of hydrogen-bond donors (Lipinski definition) is 1. The number of halogens is 1. The lowest BCUT2D eigenvalue weighted by Gasteiger charge is -2.29. The predicted molar refractivity (Wildman–Crippen MR) is 89.9 cm³/mol. The van der Waals surface area contributed by atoms with Crippen LogP contribution in [-0.4, -0.2) is 37.7 Å². The number of nitrogens with zero attached hydrogens (tertiary/aromatic N) is 1. The second-order valence-electron chi connectivity index (χ2n) is 6.37. The minimum atomic E-state index is 0.769. The first kappa shape index (κ1) is 15.3. The molecule has 0 spiro atoms. The summed E-state index contributed by atoms with van der Waals surface area (Å²) in [6.07, 6.45) is 4.03. The minimum Gasteiger partial charge on any atom is -0.492 e. The zero-order valence-corrected chi connectivity index (χ0v) is 14.4. The van der Waals surface area contributed by atoms with Crippen LogP contribution in [0.25, 0.3) is 0 Å². The average molecular weight is 353 g/mol. The Bertz CT molecular complexity index is 482. The predicted octanol–water partition coefficient (Wildman–Crippen LogP) is 3.34. The molecule has 1 heterocycles. The van der Waals surface area contributed by atoms with E-state index in [1.807, 2.05) is 0 Å². The van der Waals surface area contributed by atoms with Crippen molar-refractivity contribution >= 4 is 15.9 Å². The lowest BCUT2D eigenvalue weighted by molar-refractivity contribution is 0.174. The van der Waals surface area contributed by atoms with E-state index in [9.17, 15) is 0 Å². The molecule has 0 bridgehead atoms. The molecule has 1 aromatic rings. The third-order valence-corrected chi connectivity index (χ3v) is 5.15. The van der Waals surface area contributed by atoms with Crippen molar-refractivity contribution in [3.8, 4) is 5.75 Å². The molecule has 1 aliphatic carbocycles. The number of aryl methyl sites for hydroxylation is 1. The number of benzene rings is 1. The summed E-state index contributed by atoms with van der Waals surface area (Å²) in [6, 6.07) is 4.44. The van der Waals surface area contributed by atoms with Crippen molar-refractivity contribution in [2.75, 3.05) is 32.8 Å². The van der Waals surface area contributed by atoms with Gasteiger partial charge >= 0.3 is 0 Å². The van der Waals surface area contributed by atoms with E-state index in [1.54, 1.807) is 0 Å². The molecule has 2 aliphatic rings. The molecule has 1 aliphatic heterocycles. The zero-order valence-electron chi connectivity index (χ0n) is 12.8. The molecule has 0 aromatic heterocycles. The molecule has 1 saturated heterocycles. The molecule has 21 heavy (non-hydrogen) atoms. The molecule has 2 fully saturated rings. The number of rotatable bonds is 5. The van der Waals surface area contributed by atoms with E-state index in [1.165, 1.54) is 30.4 Å². The molecule has 1 saturated carbocycles. The van der Waals surface area contributed by atoms with Gasteiger partial charge < -0.3 is 10.1 Å². The van der Waals surface area contributed by atoms with E-state index in [4.69, 9.17) is 4.74 Å². The van der Waals surface area contributed by atoms with Crippen LogP contribution in [0.3, 0.4) is 0 Å². The van der Waals surface area contributed by atoms with Gasteiger partial charge in [0.05, 0.1) is 11.1 Å². The van der Waals surface area contributed by atoms with Crippen molar-refractivity contribution in [2.24, 2.45) is 5.92 Å². The maximum atomic E-state index is 6.18. The van der Waals surface area contributed by atoms with Gasteiger partial charge in [-0.1, -0.05) is 12.5 Å². The van der Waals surface area contributed by atoms with Crippen molar-refractivity contribution in [1.82, 2.24) is 10.2 Å². The summed E-state index contributed by atoms with van der Waals surface area (Å²) in [4.78, 5) is 2.51. The fourth-order valence-electron chi connectivity index (χ4n) is 3.05. The normalized spacial score (nSPS) is 20.3. The van der Waals surface area contributed by atoms with Gasteiger partial charge in [0.1, 0.15) is 5.75 Å². The van der Waals surface area contributed by atoms with Crippen LogP contribution in [0.1, 0.15) is 30.4 Å². The minimum absolute atomic E-state index is 0.769. The lowest BCUT2D eigenvalue weighted by atomic mass is 9.86. The monoisotopic (exact) mass is 352 g/mol. The van der Waals surface area contributed by atoms with Crippen molar-refractivity contribution < 1.29 is 4.74 Å². The van der Waals surface area contributed by atoms with Crippen LogP contribution in [0, 0.1) is 12.8 Å². The van der Waals surface area contributed by atoms with E-state index in [-0.39, 0.29) is 0 Å². The smallest absolute Gasteiger partial charge is 0.137 e. The summed E-state index contributed by atoms with van der Waals surface area (Å²) in [5.74, 6) is 1.83. The molecule has 3 rings (SSSR count). The molecule has 1 aromatic carbocycles. The Labute approximate surface area is 136 Å². The van der Waals surface area contributed by atoms with E-state index in [0.717, 1.165) is 55.5 Å². The largest absolute Gasteiger partial charge is 0.492 e. The van der Waals surface area contributed by atoms with Crippen LogP contribution in [0.4, 0.5) is 0 Å². The Morgan fingerprint density at radius 3 is 2.71 bits per heavy atom. The summed E-state index contributed by atoms with van der Waals surface area (Å²) >= 11 is 3.70. The Balaban J connectivity index is 1.72. The summed E-state index contributed by atoms with van der Waals surface area (Å²) in [7, 11) is 0. The number of hydrogen-bond acceptors (Lipinski definition) is 3. The fourth-order valence-corrected chi connectivity index (χ4v) is 3.78. The molecular formula is C17H25BrN2O. The Kier molecular flexibility index (Phi) is 5.19. The van der Waals surface area contributed by atoms with E-state index in [0.29, 0.717) is 0 Å². The van der Waals surface area contributed by atoms with Gasteiger partial charge in [0.25, 0.3) is 0 Å².